The zero-order chi connectivity index (χ0) is 24.5. The number of carbonyl (C=O) groups is 2. The Morgan fingerprint density at radius 3 is 1.53 bits per heavy atom. The van der Waals surface area contributed by atoms with Crippen LogP contribution in [0, 0.1) is 0 Å². The van der Waals surface area contributed by atoms with Crippen molar-refractivity contribution in [3.8, 4) is 11.5 Å². The molecule has 2 unspecified atom stereocenters. The van der Waals surface area contributed by atoms with Crippen molar-refractivity contribution in [1.82, 2.24) is 0 Å². The van der Waals surface area contributed by atoms with E-state index in [1.165, 1.54) is 6.07 Å². The monoisotopic (exact) mass is 464 g/mol. The third-order valence-corrected chi connectivity index (χ3v) is 4.55. The highest BCUT2D eigenvalue weighted by Crippen LogP contribution is 2.20. The van der Waals surface area contributed by atoms with Gasteiger partial charge in [-0.3, -0.25) is 9.59 Å². The van der Waals surface area contributed by atoms with E-state index in [4.69, 9.17) is 9.47 Å². The van der Waals surface area contributed by atoms with Gasteiger partial charge in [0, 0.05) is 34.6 Å². The summed E-state index contributed by atoms with van der Waals surface area (Å²) in [4.78, 5) is 25.5. The van der Waals surface area contributed by atoms with Gasteiger partial charge in [0.05, 0.1) is 12.2 Å². The van der Waals surface area contributed by atoms with Crippen LogP contribution in [0.5, 0.6) is 11.5 Å². The van der Waals surface area contributed by atoms with E-state index in [1.807, 2.05) is 0 Å². The average molecular weight is 465 g/mol. The van der Waals surface area contributed by atoms with E-state index in [9.17, 15) is 19.8 Å². The van der Waals surface area contributed by atoms with Gasteiger partial charge in [0.1, 0.15) is 24.7 Å². The van der Waals surface area contributed by atoms with Gasteiger partial charge in [-0.2, -0.15) is 0 Å². The van der Waals surface area contributed by atoms with Gasteiger partial charge >= 0.3 is 0 Å². The van der Waals surface area contributed by atoms with Gasteiger partial charge in [0.2, 0.25) is 0 Å². The maximum Gasteiger partial charge on any atom is 0.255 e. The first kappa shape index (κ1) is 24.8. The molecule has 0 fully saturated rings. The predicted molar refractivity (Wildman–Crippen MR) is 130 cm³/mol. The Morgan fingerprint density at radius 1 is 0.706 bits per heavy atom. The second kappa shape index (κ2) is 11.8. The van der Waals surface area contributed by atoms with Crippen LogP contribution >= 0.6 is 0 Å². The molecule has 0 aromatic heterocycles. The van der Waals surface area contributed by atoms with Gasteiger partial charge in [-0.15, -0.1) is 0 Å². The van der Waals surface area contributed by atoms with Crippen molar-refractivity contribution < 1.29 is 29.3 Å². The van der Waals surface area contributed by atoms with Crippen LogP contribution in [0.25, 0.3) is 0 Å². The van der Waals surface area contributed by atoms with E-state index < -0.39 is 12.2 Å². The summed E-state index contributed by atoms with van der Waals surface area (Å²) in [6, 6.07) is 20.0. The molecule has 0 bridgehead atoms. The fourth-order valence-corrected chi connectivity index (χ4v) is 2.97. The smallest absolute Gasteiger partial charge is 0.255 e. The maximum absolute atomic E-state index is 12.7. The van der Waals surface area contributed by atoms with E-state index in [1.54, 1.807) is 80.6 Å². The van der Waals surface area contributed by atoms with Gasteiger partial charge in [0.15, 0.2) is 0 Å². The zero-order valence-corrected chi connectivity index (χ0v) is 19.0. The van der Waals surface area contributed by atoms with Crippen molar-refractivity contribution >= 4 is 23.2 Å². The minimum atomic E-state index is -0.605. The Labute approximate surface area is 198 Å². The SMILES string of the molecule is CC(O)COc1cccc(NC(=O)c2cccc(C(=O)Nc3cccc(OCC(C)O)c3)c2)c1. The van der Waals surface area contributed by atoms with Crippen molar-refractivity contribution in [1.29, 1.82) is 0 Å². The van der Waals surface area contributed by atoms with E-state index in [-0.39, 0.29) is 25.0 Å². The average Bonchev–Trinajstić information content (AvgIpc) is 2.82. The van der Waals surface area contributed by atoms with E-state index in [0.717, 1.165) is 0 Å². The lowest BCUT2D eigenvalue weighted by atomic mass is 10.1. The molecule has 8 heteroatoms. The van der Waals surface area contributed by atoms with Crippen LogP contribution in [0.15, 0.2) is 72.8 Å². The Morgan fingerprint density at radius 2 is 1.12 bits per heavy atom. The molecule has 3 aromatic rings. The Hall–Kier alpha value is -3.88. The molecule has 2 atom stereocenters. The summed E-state index contributed by atoms with van der Waals surface area (Å²) in [5.41, 5.74) is 1.68. The first-order valence-electron chi connectivity index (χ1n) is 10.8. The van der Waals surface area contributed by atoms with Crippen LogP contribution in [0.4, 0.5) is 11.4 Å². The topological polar surface area (TPSA) is 117 Å². The number of carbonyl (C=O) groups excluding carboxylic acids is 2. The molecule has 0 radical (unpaired) electrons. The molecule has 4 N–H and O–H groups in total. The summed E-state index contributed by atoms with van der Waals surface area (Å²) in [5.74, 6) is 0.282. The number of hydrogen-bond donors (Lipinski definition) is 4. The van der Waals surface area contributed by atoms with Crippen LogP contribution in [0.3, 0.4) is 0 Å². The van der Waals surface area contributed by atoms with Crippen LogP contribution in [-0.2, 0) is 0 Å². The highest BCUT2D eigenvalue weighted by atomic mass is 16.5. The fraction of sp³-hybridized carbons (Fsp3) is 0.231. The Bertz CT molecular complexity index is 1040. The lowest BCUT2D eigenvalue weighted by molar-refractivity contribution is 0.102. The molecular formula is C26H28N2O6. The fourth-order valence-electron chi connectivity index (χ4n) is 2.97. The molecule has 3 rings (SSSR count). The molecule has 0 saturated carbocycles. The van der Waals surface area contributed by atoms with Crippen molar-refractivity contribution in [3.63, 3.8) is 0 Å². The largest absolute Gasteiger partial charge is 0.491 e. The van der Waals surface area contributed by atoms with Crippen LogP contribution in [0.2, 0.25) is 0 Å². The second-order valence-corrected chi connectivity index (χ2v) is 7.86. The van der Waals surface area contributed by atoms with Crippen LogP contribution < -0.4 is 20.1 Å². The summed E-state index contributed by atoms with van der Waals surface area (Å²) in [5, 5.41) is 24.3. The lowest BCUT2D eigenvalue weighted by Gasteiger charge is -2.12. The van der Waals surface area contributed by atoms with Gasteiger partial charge in [0.25, 0.3) is 11.8 Å². The first-order chi connectivity index (χ1) is 16.3. The lowest BCUT2D eigenvalue weighted by Crippen LogP contribution is -2.16. The first-order valence-corrected chi connectivity index (χ1v) is 10.8. The molecule has 34 heavy (non-hydrogen) atoms. The normalized spacial score (nSPS) is 12.4. The van der Waals surface area contributed by atoms with Crippen molar-refractivity contribution in [3.05, 3.63) is 83.9 Å². The molecule has 2 amide bonds. The van der Waals surface area contributed by atoms with E-state index >= 15 is 0 Å². The third-order valence-electron chi connectivity index (χ3n) is 4.55. The van der Waals surface area contributed by atoms with Gasteiger partial charge < -0.3 is 30.3 Å². The van der Waals surface area contributed by atoms with Gasteiger partial charge in [-0.25, -0.2) is 0 Å². The molecule has 3 aromatic carbocycles. The number of aliphatic hydroxyl groups is 2. The molecule has 0 aliphatic heterocycles. The number of nitrogens with one attached hydrogen (secondary N) is 2. The van der Waals surface area contributed by atoms with Crippen molar-refractivity contribution in [2.24, 2.45) is 0 Å². The number of aliphatic hydroxyl groups excluding tert-OH is 2. The van der Waals surface area contributed by atoms with Crippen molar-refractivity contribution in [2.75, 3.05) is 23.8 Å². The summed E-state index contributed by atoms with van der Waals surface area (Å²) in [6.07, 6.45) is -1.21. The number of benzene rings is 3. The third kappa shape index (κ3) is 7.61. The standard InChI is InChI=1S/C26H28N2O6/c1-17(29)15-33-23-10-4-8-21(13-23)27-25(31)19-6-3-7-20(12-19)26(32)28-22-9-5-11-24(14-22)34-16-18(2)30/h3-14,17-18,29-30H,15-16H2,1-2H3,(H,27,31)(H,28,32). The summed E-state index contributed by atoms with van der Waals surface area (Å²) in [6.45, 7) is 3.53. The quantitative estimate of drug-likeness (QED) is 0.363. The molecule has 0 aliphatic rings. The number of rotatable bonds is 10. The van der Waals surface area contributed by atoms with E-state index in [0.29, 0.717) is 34.0 Å². The molecule has 0 saturated heterocycles. The summed E-state index contributed by atoms with van der Waals surface area (Å²) in [7, 11) is 0. The second-order valence-electron chi connectivity index (χ2n) is 7.86. The van der Waals surface area contributed by atoms with Gasteiger partial charge in [-0.1, -0.05) is 18.2 Å². The maximum atomic E-state index is 12.7. The number of hydrogen-bond acceptors (Lipinski definition) is 6. The summed E-state index contributed by atoms with van der Waals surface area (Å²) < 4.78 is 10.9. The number of ether oxygens (including phenoxy) is 2. The molecule has 0 spiro atoms. The van der Waals surface area contributed by atoms with Crippen molar-refractivity contribution in [2.45, 2.75) is 26.1 Å². The molecule has 0 aliphatic carbocycles. The minimum absolute atomic E-state index is 0.143. The van der Waals surface area contributed by atoms with Gasteiger partial charge in [-0.05, 0) is 56.3 Å². The molecule has 178 valence electrons. The minimum Gasteiger partial charge on any atom is -0.491 e. The van der Waals surface area contributed by atoms with E-state index in [2.05, 4.69) is 10.6 Å². The molecular weight excluding hydrogens is 436 g/mol. The molecule has 0 heterocycles. The molecule has 8 nitrogen and oxygen atoms in total. The highest BCUT2D eigenvalue weighted by molar-refractivity contribution is 6.08. The highest BCUT2D eigenvalue weighted by Gasteiger charge is 2.12. The van der Waals surface area contributed by atoms with Crippen LogP contribution in [-0.4, -0.2) is 47.4 Å². The predicted octanol–water partition coefficient (Wildman–Crippen LogP) is 3.71. The zero-order valence-electron chi connectivity index (χ0n) is 19.0. The Balaban J connectivity index is 1.65. The summed E-state index contributed by atoms with van der Waals surface area (Å²) >= 11 is 0. The Kier molecular flexibility index (Phi) is 8.61. The van der Waals surface area contributed by atoms with Crippen LogP contribution in [0.1, 0.15) is 34.6 Å². The number of anilines is 2. The number of amides is 2.